The van der Waals surface area contributed by atoms with Crippen molar-refractivity contribution < 1.29 is 14.3 Å². The van der Waals surface area contributed by atoms with Crippen molar-refractivity contribution in [1.29, 1.82) is 0 Å². The summed E-state index contributed by atoms with van der Waals surface area (Å²) in [4.78, 5) is 24.6. The summed E-state index contributed by atoms with van der Waals surface area (Å²) >= 11 is 3.38. The molecule has 0 radical (unpaired) electrons. The van der Waals surface area contributed by atoms with Gasteiger partial charge in [-0.3, -0.25) is 4.90 Å². The first-order valence-electron chi connectivity index (χ1n) is 5.92. The summed E-state index contributed by atoms with van der Waals surface area (Å²) in [5.74, 6) is 0. The molecular weight excluding hydrogens is 310 g/mol. The van der Waals surface area contributed by atoms with Crippen LogP contribution in [-0.2, 0) is 9.53 Å². The lowest BCUT2D eigenvalue weighted by Gasteiger charge is -2.28. The number of nitrogens with zero attached hydrogens (tertiary/aromatic N) is 1. The zero-order chi connectivity index (χ0) is 14.6. The smallest absolute Gasteiger partial charge is 0.410 e. The summed E-state index contributed by atoms with van der Waals surface area (Å²) in [5, 5.41) is 0. The van der Waals surface area contributed by atoms with E-state index in [1.165, 1.54) is 4.90 Å². The molecule has 0 saturated heterocycles. The number of rotatable bonds is 3. The average molecular weight is 328 g/mol. The quantitative estimate of drug-likeness (QED) is 0.797. The van der Waals surface area contributed by atoms with Crippen molar-refractivity contribution in [3.63, 3.8) is 0 Å². The number of aldehydes is 1. The summed E-state index contributed by atoms with van der Waals surface area (Å²) in [6.45, 7) is 5.35. The van der Waals surface area contributed by atoms with E-state index in [1.807, 2.05) is 18.2 Å². The highest BCUT2D eigenvalue weighted by atomic mass is 79.9. The zero-order valence-corrected chi connectivity index (χ0v) is 13.1. The molecule has 1 aromatic rings. The van der Waals surface area contributed by atoms with Gasteiger partial charge in [0.05, 0.1) is 0 Å². The van der Waals surface area contributed by atoms with Crippen molar-refractivity contribution in [2.75, 3.05) is 7.05 Å². The molecule has 0 bridgehead atoms. The van der Waals surface area contributed by atoms with Crippen molar-refractivity contribution in [3.8, 4) is 0 Å². The fourth-order valence-corrected chi connectivity index (χ4v) is 2.05. The third kappa shape index (κ3) is 4.35. The van der Waals surface area contributed by atoms with Crippen LogP contribution in [0.2, 0.25) is 0 Å². The first-order valence-corrected chi connectivity index (χ1v) is 6.71. The van der Waals surface area contributed by atoms with Gasteiger partial charge in [0.2, 0.25) is 0 Å². The molecule has 1 atom stereocenters. The Labute approximate surface area is 121 Å². The maximum absolute atomic E-state index is 12.0. The molecule has 0 aliphatic heterocycles. The normalized spacial score (nSPS) is 12.7. The third-order valence-corrected chi connectivity index (χ3v) is 3.17. The molecule has 104 valence electrons. The first-order chi connectivity index (χ1) is 8.76. The van der Waals surface area contributed by atoms with Crippen LogP contribution in [0.15, 0.2) is 28.7 Å². The van der Waals surface area contributed by atoms with Crippen LogP contribution in [0, 0.1) is 0 Å². The number of hydrogen-bond donors (Lipinski definition) is 0. The molecule has 0 heterocycles. The molecule has 5 heteroatoms. The van der Waals surface area contributed by atoms with Gasteiger partial charge in [0, 0.05) is 11.5 Å². The lowest BCUT2D eigenvalue weighted by atomic mass is 10.1. The van der Waals surface area contributed by atoms with Crippen LogP contribution in [-0.4, -0.2) is 29.9 Å². The lowest BCUT2D eigenvalue weighted by molar-refractivity contribution is -0.112. The van der Waals surface area contributed by atoms with E-state index in [0.29, 0.717) is 0 Å². The van der Waals surface area contributed by atoms with E-state index >= 15 is 0 Å². The fraction of sp³-hybridized carbons (Fsp3) is 0.429. The van der Waals surface area contributed by atoms with Gasteiger partial charge in [-0.1, -0.05) is 34.1 Å². The molecule has 0 aromatic heterocycles. The maximum Gasteiger partial charge on any atom is 0.410 e. The number of hydrogen-bond acceptors (Lipinski definition) is 3. The lowest BCUT2D eigenvalue weighted by Crippen LogP contribution is -2.37. The van der Waals surface area contributed by atoms with E-state index in [-0.39, 0.29) is 0 Å². The molecule has 0 spiro atoms. The SMILES string of the molecule is CN(C(=O)OC(C)(C)C)C(C=O)c1ccccc1Br. The molecular formula is C14H18BrNO3. The van der Waals surface area contributed by atoms with Crippen LogP contribution in [0.5, 0.6) is 0 Å². The molecule has 0 fully saturated rings. The number of likely N-dealkylation sites (N-methyl/N-ethyl adjacent to an activating group) is 1. The number of ether oxygens (including phenoxy) is 1. The van der Waals surface area contributed by atoms with Crippen molar-refractivity contribution in [3.05, 3.63) is 34.3 Å². The minimum atomic E-state index is -0.676. The topological polar surface area (TPSA) is 46.6 Å². The molecule has 1 rings (SSSR count). The summed E-state index contributed by atoms with van der Waals surface area (Å²) in [6.07, 6.45) is 0.199. The highest BCUT2D eigenvalue weighted by Gasteiger charge is 2.27. The van der Waals surface area contributed by atoms with Crippen molar-refractivity contribution >= 4 is 28.3 Å². The Kier molecular flexibility index (Phi) is 5.11. The van der Waals surface area contributed by atoms with E-state index in [9.17, 15) is 9.59 Å². The Morgan fingerprint density at radius 3 is 2.42 bits per heavy atom. The van der Waals surface area contributed by atoms with Crippen molar-refractivity contribution in [2.24, 2.45) is 0 Å². The Balaban J connectivity index is 2.95. The second kappa shape index (κ2) is 6.19. The first kappa shape index (κ1) is 15.7. The minimum Gasteiger partial charge on any atom is -0.444 e. The number of carbonyl (C=O) groups is 2. The van der Waals surface area contributed by atoms with Crippen LogP contribution in [0.4, 0.5) is 4.79 Å². The average Bonchev–Trinajstić information content (AvgIpc) is 2.30. The summed E-state index contributed by atoms with van der Waals surface area (Å²) in [5.41, 5.74) is 0.137. The predicted molar refractivity (Wildman–Crippen MR) is 76.9 cm³/mol. The van der Waals surface area contributed by atoms with Crippen molar-refractivity contribution in [1.82, 2.24) is 4.90 Å². The molecule has 0 N–H and O–H groups in total. The zero-order valence-electron chi connectivity index (χ0n) is 11.5. The Morgan fingerprint density at radius 1 is 1.37 bits per heavy atom. The summed E-state index contributed by atoms with van der Waals surface area (Å²) in [7, 11) is 1.55. The molecule has 4 nitrogen and oxygen atoms in total. The van der Waals surface area contributed by atoms with E-state index < -0.39 is 17.7 Å². The maximum atomic E-state index is 12.0. The molecule has 19 heavy (non-hydrogen) atoms. The predicted octanol–water partition coefficient (Wildman–Crippen LogP) is 3.56. The molecule has 1 amide bonds. The molecule has 1 unspecified atom stereocenters. The van der Waals surface area contributed by atoms with Gasteiger partial charge in [0.15, 0.2) is 0 Å². The molecule has 0 aliphatic carbocycles. The van der Waals surface area contributed by atoms with Gasteiger partial charge in [-0.25, -0.2) is 4.79 Å². The third-order valence-electron chi connectivity index (χ3n) is 2.45. The largest absolute Gasteiger partial charge is 0.444 e. The van der Waals surface area contributed by atoms with E-state index in [4.69, 9.17) is 4.74 Å². The van der Waals surface area contributed by atoms with Crippen LogP contribution >= 0.6 is 15.9 Å². The Bertz CT molecular complexity index is 468. The van der Waals surface area contributed by atoms with Crippen molar-refractivity contribution in [2.45, 2.75) is 32.4 Å². The van der Waals surface area contributed by atoms with Gasteiger partial charge in [0.1, 0.15) is 17.9 Å². The van der Waals surface area contributed by atoms with Crippen LogP contribution in [0.25, 0.3) is 0 Å². The van der Waals surface area contributed by atoms with Crippen LogP contribution in [0.1, 0.15) is 32.4 Å². The Morgan fingerprint density at radius 2 is 1.95 bits per heavy atom. The summed E-state index contributed by atoms with van der Waals surface area (Å²) in [6, 6.07) is 6.62. The standard InChI is InChI=1S/C14H18BrNO3/c1-14(2,3)19-13(18)16(4)12(9-17)10-7-5-6-8-11(10)15/h5-9,12H,1-4H3. The van der Waals surface area contributed by atoms with E-state index in [2.05, 4.69) is 15.9 Å². The molecule has 0 saturated carbocycles. The second-order valence-electron chi connectivity index (χ2n) is 5.19. The van der Waals surface area contributed by atoms with E-state index in [0.717, 1.165) is 16.3 Å². The second-order valence-corrected chi connectivity index (χ2v) is 6.05. The number of benzene rings is 1. The van der Waals surface area contributed by atoms with Gasteiger partial charge < -0.3 is 9.53 Å². The van der Waals surface area contributed by atoms with Gasteiger partial charge in [-0.15, -0.1) is 0 Å². The Hall–Kier alpha value is -1.36. The molecule has 0 aliphatic rings. The van der Waals surface area contributed by atoms with Gasteiger partial charge in [-0.2, -0.15) is 0 Å². The van der Waals surface area contributed by atoms with Gasteiger partial charge in [-0.05, 0) is 32.4 Å². The minimum absolute atomic E-state index is 0.527. The molecule has 1 aromatic carbocycles. The van der Waals surface area contributed by atoms with Crippen LogP contribution in [0.3, 0.4) is 0 Å². The van der Waals surface area contributed by atoms with E-state index in [1.54, 1.807) is 33.9 Å². The van der Waals surface area contributed by atoms with Gasteiger partial charge >= 0.3 is 6.09 Å². The number of amides is 1. The highest BCUT2D eigenvalue weighted by molar-refractivity contribution is 9.10. The summed E-state index contributed by atoms with van der Waals surface area (Å²) < 4.78 is 6.04. The monoisotopic (exact) mass is 327 g/mol. The van der Waals surface area contributed by atoms with Crippen LogP contribution < -0.4 is 0 Å². The number of carbonyl (C=O) groups excluding carboxylic acids is 2. The fourth-order valence-electron chi connectivity index (χ4n) is 1.54. The number of halogens is 1. The van der Waals surface area contributed by atoms with Gasteiger partial charge in [0.25, 0.3) is 0 Å². The highest BCUT2D eigenvalue weighted by Crippen LogP contribution is 2.26.